The van der Waals surface area contributed by atoms with E-state index in [1.54, 1.807) is 24.0 Å². The summed E-state index contributed by atoms with van der Waals surface area (Å²) in [7, 11) is -2.41. The molecule has 1 fully saturated rings. The summed E-state index contributed by atoms with van der Waals surface area (Å²) in [6.45, 7) is 4.02. The number of nitrogens with zero attached hydrogens (tertiary/aromatic N) is 2. The van der Waals surface area contributed by atoms with E-state index in [2.05, 4.69) is 9.62 Å². The topological polar surface area (TPSA) is 78.9 Å². The summed E-state index contributed by atoms with van der Waals surface area (Å²) in [5.41, 5.74) is 2.58. The third-order valence-electron chi connectivity index (χ3n) is 6.32. The second-order valence-electron chi connectivity index (χ2n) is 8.79. The van der Waals surface area contributed by atoms with Crippen LogP contribution in [0.2, 0.25) is 5.02 Å². The molecular weight excluding hydrogens is 498 g/mol. The highest BCUT2D eigenvalue weighted by atomic mass is 35.5. The first kappa shape index (κ1) is 26.0. The number of ether oxygens (including phenoxy) is 1. The molecular formula is C27H30ClN3O4S. The van der Waals surface area contributed by atoms with Crippen LogP contribution < -0.4 is 14.4 Å². The summed E-state index contributed by atoms with van der Waals surface area (Å²) in [6, 6.07) is 20.8. The predicted molar refractivity (Wildman–Crippen MR) is 142 cm³/mol. The number of amides is 1. The number of benzene rings is 3. The van der Waals surface area contributed by atoms with Gasteiger partial charge in [-0.3, -0.25) is 4.79 Å². The first-order valence-electron chi connectivity index (χ1n) is 11.8. The van der Waals surface area contributed by atoms with Crippen molar-refractivity contribution >= 4 is 33.2 Å². The molecule has 36 heavy (non-hydrogen) atoms. The van der Waals surface area contributed by atoms with Crippen LogP contribution in [0.15, 0.2) is 77.7 Å². The van der Waals surface area contributed by atoms with Gasteiger partial charge in [0.15, 0.2) is 0 Å². The molecule has 1 aliphatic heterocycles. The van der Waals surface area contributed by atoms with Gasteiger partial charge in [-0.2, -0.15) is 4.72 Å². The molecule has 190 valence electrons. The van der Waals surface area contributed by atoms with Crippen molar-refractivity contribution in [3.05, 3.63) is 88.9 Å². The fraction of sp³-hybridized carbons (Fsp3) is 0.296. The van der Waals surface area contributed by atoms with Gasteiger partial charge in [-0.05, 0) is 60.9 Å². The van der Waals surface area contributed by atoms with E-state index < -0.39 is 16.1 Å². The van der Waals surface area contributed by atoms with Crippen LogP contribution in [0.1, 0.15) is 11.1 Å². The SMILES string of the molecule is COc1ccc(S(=O)(=O)N[C@H](Cc2ccccc2)C(=O)N2CCN(c3cccc(Cl)c3)CC2)cc1C. The molecule has 3 aromatic carbocycles. The summed E-state index contributed by atoms with van der Waals surface area (Å²) >= 11 is 6.14. The van der Waals surface area contributed by atoms with Gasteiger partial charge < -0.3 is 14.5 Å². The van der Waals surface area contributed by atoms with Crippen LogP contribution in [-0.4, -0.2) is 58.6 Å². The van der Waals surface area contributed by atoms with Gasteiger partial charge in [0.1, 0.15) is 11.8 Å². The monoisotopic (exact) mass is 527 g/mol. The molecule has 3 aromatic rings. The van der Waals surface area contributed by atoms with Crippen molar-refractivity contribution in [1.29, 1.82) is 0 Å². The maximum Gasteiger partial charge on any atom is 0.241 e. The molecule has 0 radical (unpaired) electrons. The van der Waals surface area contributed by atoms with E-state index in [4.69, 9.17) is 16.3 Å². The lowest BCUT2D eigenvalue weighted by Gasteiger charge is -2.37. The number of anilines is 1. The van der Waals surface area contributed by atoms with Crippen molar-refractivity contribution in [3.8, 4) is 5.75 Å². The standard InChI is InChI=1S/C27H30ClN3O4S/c1-20-17-24(11-12-26(20)35-2)36(33,34)29-25(18-21-7-4-3-5-8-21)27(32)31-15-13-30(14-16-31)23-10-6-9-22(28)19-23/h3-12,17,19,25,29H,13-16,18H2,1-2H3/t25-/m1/s1. The average Bonchev–Trinajstić information content (AvgIpc) is 2.88. The van der Waals surface area contributed by atoms with E-state index in [0.717, 1.165) is 11.3 Å². The van der Waals surface area contributed by atoms with Gasteiger partial charge in [0, 0.05) is 36.9 Å². The summed E-state index contributed by atoms with van der Waals surface area (Å²) in [4.78, 5) is 17.6. The summed E-state index contributed by atoms with van der Waals surface area (Å²) in [6.07, 6.45) is 0.253. The lowest BCUT2D eigenvalue weighted by atomic mass is 10.1. The number of methoxy groups -OCH3 is 1. The van der Waals surface area contributed by atoms with Gasteiger partial charge in [-0.25, -0.2) is 8.42 Å². The molecule has 9 heteroatoms. The molecule has 0 aromatic heterocycles. The third-order valence-corrected chi connectivity index (χ3v) is 8.02. The molecule has 0 unspecified atom stereocenters. The molecule has 1 N–H and O–H groups in total. The molecule has 0 bridgehead atoms. The van der Waals surface area contributed by atoms with Crippen molar-refractivity contribution in [1.82, 2.24) is 9.62 Å². The largest absolute Gasteiger partial charge is 0.496 e. The summed E-state index contributed by atoms with van der Waals surface area (Å²) in [5, 5.41) is 0.664. The Kier molecular flexibility index (Phi) is 8.18. The van der Waals surface area contributed by atoms with Crippen molar-refractivity contribution in [2.45, 2.75) is 24.3 Å². The highest BCUT2D eigenvalue weighted by molar-refractivity contribution is 7.89. The number of hydrogen-bond donors (Lipinski definition) is 1. The molecule has 0 spiro atoms. The number of halogens is 1. The minimum absolute atomic E-state index is 0.0948. The van der Waals surface area contributed by atoms with Gasteiger partial charge in [-0.1, -0.05) is 48.0 Å². The van der Waals surface area contributed by atoms with E-state index in [9.17, 15) is 13.2 Å². The van der Waals surface area contributed by atoms with Crippen molar-refractivity contribution in [3.63, 3.8) is 0 Å². The van der Waals surface area contributed by atoms with Crippen LogP contribution in [-0.2, 0) is 21.2 Å². The Hall–Kier alpha value is -3.07. The maximum absolute atomic E-state index is 13.6. The summed E-state index contributed by atoms with van der Waals surface area (Å²) < 4.78 is 34.5. The second-order valence-corrected chi connectivity index (χ2v) is 10.9. The van der Waals surface area contributed by atoms with Crippen LogP contribution in [0, 0.1) is 6.92 Å². The van der Waals surface area contributed by atoms with Gasteiger partial charge in [-0.15, -0.1) is 0 Å². The third kappa shape index (κ3) is 6.19. The number of aryl methyl sites for hydroxylation is 1. The van der Waals surface area contributed by atoms with Crippen molar-refractivity contribution in [2.75, 3.05) is 38.2 Å². The van der Waals surface area contributed by atoms with Crippen LogP contribution in [0.5, 0.6) is 5.75 Å². The Balaban J connectivity index is 1.52. The smallest absolute Gasteiger partial charge is 0.241 e. The zero-order valence-corrected chi connectivity index (χ0v) is 21.9. The van der Waals surface area contributed by atoms with Crippen molar-refractivity contribution in [2.24, 2.45) is 0 Å². The Morgan fingerprint density at radius 2 is 1.72 bits per heavy atom. The van der Waals surface area contributed by atoms with E-state index in [-0.39, 0.29) is 17.2 Å². The first-order chi connectivity index (χ1) is 17.3. The first-order valence-corrected chi connectivity index (χ1v) is 13.6. The lowest BCUT2D eigenvalue weighted by Crippen LogP contribution is -2.55. The number of nitrogens with one attached hydrogen (secondary N) is 1. The van der Waals surface area contributed by atoms with Crippen molar-refractivity contribution < 1.29 is 17.9 Å². The highest BCUT2D eigenvalue weighted by Crippen LogP contribution is 2.23. The Bertz CT molecular complexity index is 1310. The van der Waals surface area contributed by atoms with E-state index >= 15 is 0 Å². The maximum atomic E-state index is 13.6. The number of carbonyl (C=O) groups is 1. The quantitative estimate of drug-likeness (QED) is 0.481. The molecule has 1 atom stereocenters. The lowest BCUT2D eigenvalue weighted by molar-refractivity contribution is -0.133. The molecule has 0 aliphatic carbocycles. The van der Waals surface area contributed by atoms with E-state index in [1.165, 1.54) is 13.2 Å². The predicted octanol–water partition coefficient (Wildman–Crippen LogP) is 3.90. The molecule has 1 saturated heterocycles. The van der Waals surface area contributed by atoms with E-state index in [0.29, 0.717) is 42.5 Å². The zero-order valence-electron chi connectivity index (χ0n) is 20.4. The Labute approximate surface area is 217 Å². The molecule has 4 rings (SSSR count). The summed E-state index contributed by atoms with van der Waals surface area (Å²) in [5.74, 6) is 0.363. The fourth-order valence-electron chi connectivity index (χ4n) is 4.38. The number of sulfonamides is 1. The molecule has 1 aliphatic rings. The number of carbonyl (C=O) groups excluding carboxylic acids is 1. The molecule has 0 saturated carbocycles. The van der Waals surface area contributed by atoms with Crippen LogP contribution in [0.4, 0.5) is 5.69 Å². The van der Waals surface area contributed by atoms with Gasteiger partial charge in [0.25, 0.3) is 0 Å². The van der Waals surface area contributed by atoms with Gasteiger partial charge in [0.05, 0.1) is 12.0 Å². The van der Waals surface area contributed by atoms with Gasteiger partial charge in [0.2, 0.25) is 15.9 Å². The van der Waals surface area contributed by atoms with Crippen LogP contribution in [0.3, 0.4) is 0 Å². The Morgan fingerprint density at radius 3 is 2.36 bits per heavy atom. The van der Waals surface area contributed by atoms with Crippen LogP contribution >= 0.6 is 11.6 Å². The molecule has 1 amide bonds. The number of hydrogen-bond acceptors (Lipinski definition) is 5. The minimum Gasteiger partial charge on any atom is -0.496 e. The molecule has 7 nitrogen and oxygen atoms in total. The Morgan fingerprint density at radius 1 is 1.00 bits per heavy atom. The second kappa shape index (κ2) is 11.3. The average molecular weight is 528 g/mol. The number of rotatable bonds is 8. The highest BCUT2D eigenvalue weighted by Gasteiger charge is 2.31. The fourth-order valence-corrected chi connectivity index (χ4v) is 5.84. The number of piperazine rings is 1. The van der Waals surface area contributed by atoms with E-state index in [1.807, 2.05) is 54.6 Å². The van der Waals surface area contributed by atoms with Gasteiger partial charge >= 0.3 is 0 Å². The minimum atomic E-state index is -3.95. The molecule has 1 heterocycles. The van der Waals surface area contributed by atoms with Crippen LogP contribution in [0.25, 0.3) is 0 Å². The normalized spacial score (nSPS) is 15.0. The zero-order chi connectivity index (χ0) is 25.7.